The van der Waals surface area contributed by atoms with Crippen LogP contribution >= 0.6 is 11.6 Å². The van der Waals surface area contributed by atoms with E-state index in [0.29, 0.717) is 24.5 Å². The summed E-state index contributed by atoms with van der Waals surface area (Å²) in [6.07, 6.45) is 2.85. The molecule has 1 saturated carbocycles. The molecule has 0 bridgehead atoms. The van der Waals surface area contributed by atoms with Crippen LogP contribution in [0.3, 0.4) is 0 Å². The quantitative estimate of drug-likeness (QED) is 0.860. The molecular weight excluding hydrogens is 314 g/mol. The van der Waals surface area contributed by atoms with Crippen molar-refractivity contribution >= 4 is 21.6 Å². The molecule has 7 heteroatoms. The van der Waals surface area contributed by atoms with Crippen molar-refractivity contribution in [3.8, 4) is 0 Å². The van der Waals surface area contributed by atoms with Gasteiger partial charge in [0.15, 0.2) is 0 Å². The minimum atomic E-state index is -3.72. The van der Waals surface area contributed by atoms with E-state index < -0.39 is 10.0 Å². The normalized spacial score (nSPS) is 26.2. The van der Waals surface area contributed by atoms with Crippen molar-refractivity contribution < 1.29 is 18.3 Å². The summed E-state index contributed by atoms with van der Waals surface area (Å²) in [5, 5.41) is 9.30. The molecule has 3 rings (SSSR count). The number of sulfonamides is 1. The van der Waals surface area contributed by atoms with Crippen molar-refractivity contribution in [3.05, 3.63) is 28.8 Å². The largest absolute Gasteiger partial charge is 0.392 e. The number of rotatable bonds is 5. The van der Waals surface area contributed by atoms with E-state index in [1.54, 1.807) is 6.07 Å². The minimum Gasteiger partial charge on any atom is -0.392 e. The standard InChI is InChI=1S/C14H18ClNO4S/c15-11-4-1-9(8-17)7-13(11)21(18,19)16-12-5-6-20-14(12)10-2-3-10/h1,4,7,10,12,14,16-17H,2-3,5-6,8H2. The summed E-state index contributed by atoms with van der Waals surface area (Å²) in [6, 6.07) is 4.31. The first kappa shape index (κ1) is 15.2. The van der Waals surface area contributed by atoms with Gasteiger partial charge in [-0.05, 0) is 42.9 Å². The zero-order chi connectivity index (χ0) is 15.0. The predicted molar refractivity (Wildman–Crippen MR) is 78.6 cm³/mol. The lowest BCUT2D eigenvalue weighted by Crippen LogP contribution is -2.41. The van der Waals surface area contributed by atoms with Gasteiger partial charge in [0.2, 0.25) is 10.0 Å². The van der Waals surface area contributed by atoms with Crippen LogP contribution in [0.4, 0.5) is 0 Å². The minimum absolute atomic E-state index is 0.0113. The highest BCUT2D eigenvalue weighted by Crippen LogP contribution is 2.39. The molecule has 0 radical (unpaired) electrons. The SMILES string of the molecule is O=S(=O)(NC1CCOC1C1CC1)c1cc(CO)ccc1Cl. The lowest BCUT2D eigenvalue weighted by molar-refractivity contribution is 0.0848. The second-order valence-corrected chi connectivity index (χ2v) is 7.70. The molecule has 1 aliphatic carbocycles. The van der Waals surface area contributed by atoms with Gasteiger partial charge in [0.05, 0.1) is 23.8 Å². The van der Waals surface area contributed by atoms with Crippen LogP contribution in [0.25, 0.3) is 0 Å². The van der Waals surface area contributed by atoms with Crippen LogP contribution in [0, 0.1) is 5.92 Å². The molecule has 1 aromatic carbocycles. The Balaban J connectivity index is 1.83. The maximum atomic E-state index is 12.5. The average Bonchev–Trinajstić information content (AvgIpc) is 3.20. The number of aliphatic hydroxyl groups excluding tert-OH is 1. The van der Waals surface area contributed by atoms with Crippen molar-refractivity contribution in [2.75, 3.05) is 6.61 Å². The van der Waals surface area contributed by atoms with Gasteiger partial charge in [-0.15, -0.1) is 0 Å². The molecule has 1 aliphatic heterocycles. The lowest BCUT2D eigenvalue weighted by atomic mass is 10.1. The Bertz CT molecular complexity index is 630. The van der Waals surface area contributed by atoms with E-state index in [9.17, 15) is 8.42 Å². The molecule has 2 atom stereocenters. The van der Waals surface area contributed by atoms with Crippen LogP contribution in [0.15, 0.2) is 23.1 Å². The van der Waals surface area contributed by atoms with Gasteiger partial charge in [-0.1, -0.05) is 17.7 Å². The Morgan fingerprint density at radius 2 is 2.10 bits per heavy atom. The molecule has 21 heavy (non-hydrogen) atoms. The average molecular weight is 332 g/mol. The molecule has 0 amide bonds. The van der Waals surface area contributed by atoms with Crippen LogP contribution in [0.5, 0.6) is 0 Å². The highest BCUT2D eigenvalue weighted by molar-refractivity contribution is 7.89. The number of hydrogen-bond donors (Lipinski definition) is 2. The first-order chi connectivity index (χ1) is 10.0. The highest BCUT2D eigenvalue weighted by Gasteiger charge is 2.42. The van der Waals surface area contributed by atoms with Crippen LogP contribution in [0.1, 0.15) is 24.8 Å². The van der Waals surface area contributed by atoms with Gasteiger partial charge in [0, 0.05) is 6.61 Å². The molecular formula is C14H18ClNO4S. The van der Waals surface area contributed by atoms with Crippen molar-refractivity contribution in [2.45, 2.75) is 42.9 Å². The van der Waals surface area contributed by atoms with Gasteiger partial charge in [-0.2, -0.15) is 0 Å². The second-order valence-electron chi connectivity index (χ2n) is 5.61. The number of hydrogen-bond acceptors (Lipinski definition) is 4. The molecule has 2 N–H and O–H groups in total. The maximum Gasteiger partial charge on any atom is 0.242 e. The molecule has 2 aliphatic rings. The van der Waals surface area contributed by atoms with E-state index in [1.165, 1.54) is 12.1 Å². The fourth-order valence-electron chi connectivity index (χ4n) is 2.74. The molecule has 116 valence electrons. The predicted octanol–water partition coefficient (Wildman–Crippen LogP) is 1.68. The Morgan fingerprint density at radius 1 is 1.33 bits per heavy atom. The molecule has 5 nitrogen and oxygen atoms in total. The van der Waals surface area contributed by atoms with Gasteiger partial charge in [-0.25, -0.2) is 13.1 Å². The van der Waals surface area contributed by atoms with Crippen molar-refractivity contribution in [1.82, 2.24) is 4.72 Å². The number of ether oxygens (including phenoxy) is 1. The van der Waals surface area contributed by atoms with Crippen LogP contribution in [0.2, 0.25) is 5.02 Å². The van der Waals surface area contributed by atoms with E-state index in [2.05, 4.69) is 4.72 Å². The van der Waals surface area contributed by atoms with Crippen LogP contribution in [-0.2, 0) is 21.4 Å². The second kappa shape index (κ2) is 5.85. The van der Waals surface area contributed by atoms with Crippen molar-refractivity contribution in [1.29, 1.82) is 0 Å². The highest BCUT2D eigenvalue weighted by atomic mass is 35.5. The first-order valence-corrected chi connectivity index (χ1v) is 8.90. The Labute approximate surface area is 129 Å². The maximum absolute atomic E-state index is 12.5. The van der Waals surface area contributed by atoms with Crippen LogP contribution < -0.4 is 4.72 Å². The number of halogens is 1. The summed E-state index contributed by atoms with van der Waals surface area (Å²) in [7, 11) is -3.72. The third kappa shape index (κ3) is 3.24. The summed E-state index contributed by atoms with van der Waals surface area (Å²) in [5.41, 5.74) is 0.515. The third-order valence-electron chi connectivity index (χ3n) is 4.00. The summed E-state index contributed by atoms with van der Waals surface area (Å²) < 4.78 is 33.4. The summed E-state index contributed by atoms with van der Waals surface area (Å²) in [5.74, 6) is 0.472. The summed E-state index contributed by atoms with van der Waals surface area (Å²) in [4.78, 5) is 0.0113. The van der Waals surface area contributed by atoms with Gasteiger partial charge >= 0.3 is 0 Å². The zero-order valence-corrected chi connectivity index (χ0v) is 13.0. The van der Waals surface area contributed by atoms with E-state index in [4.69, 9.17) is 21.4 Å². The number of benzene rings is 1. The smallest absolute Gasteiger partial charge is 0.242 e. The summed E-state index contributed by atoms with van der Waals surface area (Å²) in [6.45, 7) is 0.357. The monoisotopic (exact) mass is 331 g/mol. The molecule has 0 spiro atoms. The number of nitrogens with one attached hydrogen (secondary N) is 1. The van der Waals surface area contributed by atoms with Crippen molar-refractivity contribution in [3.63, 3.8) is 0 Å². The lowest BCUT2D eigenvalue weighted by Gasteiger charge is -2.20. The van der Waals surface area contributed by atoms with Gasteiger partial charge in [0.1, 0.15) is 4.90 Å². The zero-order valence-electron chi connectivity index (χ0n) is 11.5. The van der Waals surface area contributed by atoms with Crippen molar-refractivity contribution in [2.24, 2.45) is 5.92 Å². The molecule has 1 heterocycles. The van der Waals surface area contributed by atoms with E-state index >= 15 is 0 Å². The Kier molecular flexibility index (Phi) is 4.25. The molecule has 1 saturated heterocycles. The van der Waals surface area contributed by atoms with Gasteiger partial charge in [0.25, 0.3) is 0 Å². The Morgan fingerprint density at radius 3 is 2.76 bits per heavy atom. The van der Waals surface area contributed by atoms with E-state index in [0.717, 1.165) is 12.8 Å². The van der Waals surface area contributed by atoms with E-state index in [-0.39, 0.29) is 28.7 Å². The summed E-state index contributed by atoms with van der Waals surface area (Å²) >= 11 is 6.00. The molecule has 2 unspecified atom stereocenters. The molecule has 2 fully saturated rings. The van der Waals surface area contributed by atoms with Crippen LogP contribution in [-0.4, -0.2) is 32.3 Å². The Hall–Kier alpha value is -0.660. The fraction of sp³-hybridized carbons (Fsp3) is 0.571. The van der Waals surface area contributed by atoms with E-state index in [1.807, 2.05) is 0 Å². The molecule has 1 aromatic rings. The fourth-order valence-corrected chi connectivity index (χ4v) is 4.57. The van der Waals surface area contributed by atoms with Gasteiger partial charge in [-0.3, -0.25) is 0 Å². The van der Waals surface area contributed by atoms with Gasteiger partial charge < -0.3 is 9.84 Å². The first-order valence-electron chi connectivity index (χ1n) is 7.04. The topological polar surface area (TPSA) is 75.6 Å². The third-order valence-corrected chi connectivity index (χ3v) is 5.97. The molecule has 0 aromatic heterocycles. The number of aliphatic hydroxyl groups is 1.